The van der Waals surface area contributed by atoms with Gasteiger partial charge < -0.3 is 0 Å². The summed E-state index contributed by atoms with van der Waals surface area (Å²) in [7, 11) is 0. The lowest BCUT2D eigenvalue weighted by molar-refractivity contribution is 0.406. The standard InChI is InChI=1S/C10H13Br2ClS/c1-5(2)6(3)9(13)7-4-8(11)14-10(7)12/h4-6,9H,1-3H3. The molecule has 0 fully saturated rings. The molecule has 0 aliphatic rings. The van der Waals surface area contributed by atoms with Gasteiger partial charge in [0.05, 0.1) is 12.9 Å². The van der Waals surface area contributed by atoms with Gasteiger partial charge in [-0.15, -0.1) is 22.9 Å². The third-order valence-electron chi connectivity index (χ3n) is 2.49. The highest BCUT2D eigenvalue weighted by molar-refractivity contribution is 9.12. The number of halogens is 3. The van der Waals surface area contributed by atoms with Crippen LogP contribution in [0.25, 0.3) is 0 Å². The lowest BCUT2D eigenvalue weighted by Crippen LogP contribution is -2.10. The van der Waals surface area contributed by atoms with E-state index in [9.17, 15) is 0 Å². The van der Waals surface area contributed by atoms with Gasteiger partial charge in [0, 0.05) is 0 Å². The second-order valence-electron chi connectivity index (χ2n) is 3.78. The zero-order valence-electron chi connectivity index (χ0n) is 8.35. The van der Waals surface area contributed by atoms with Crippen LogP contribution in [0.3, 0.4) is 0 Å². The van der Waals surface area contributed by atoms with Crippen LogP contribution >= 0.6 is 54.8 Å². The predicted octanol–water partition coefficient (Wildman–Crippen LogP) is 5.85. The topological polar surface area (TPSA) is 0 Å². The van der Waals surface area contributed by atoms with Gasteiger partial charge in [0.25, 0.3) is 0 Å². The van der Waals surface area contributed by atoms with Crippen molar-refractivity contribution in [2.24, 2.45) is 11.8 Å². The zero-order chi connectivity index (χ0) is 10.9. The highest BCUT2D eigenvalue weighted by Crippen LogP contribution is 2.42. The summed E-state index contributed by atoms with van der Waals surface area (Å²) in [5.74, 6) is 1.08. The normalized spacial score (nSPS) is 15.9. The van der Waals surface area contributed by atoms with Crippen molar-refractivity contribution in [1.29, 1.82) is 0 Å². The molecule has 2 unspecified atom stereocenters. The van der Waals surface area contributed by atoms with E-state index in [-0.39, 0.29) is 5.38 Å². The molecule has 1 rings (SSSR count). The van der Waals surface area contributed by atoms with Gasteiger partial charge in [0.2, 0.25) is 0 Å². The molecule has 14 heavy (non-hydrogen) atoms. The Balaban J connectivity index is 2.88. The van der Waals surface area contributed by atoms with E-state index < -0.39 is 0 Å². The van der Waals surface area contributed by atoms with Crippen LogP contribution in [0.4, 0.5) is 0 Å². The van der Waals surface area contributed by atoms with Crippen molar-refractivity contribution in [3.63, 3.8) is 0 Å². The number of alkyl halides is 1. The summed E-state index contributed by atoms with van der Waals surface area (Å²) in [5.41, 5.74) is 1.20. The van der Waals surface area contributed by atoms with Crippen LogP contribution in [0.15, 0.2) is 13.6 Å². The Bertz CT molecular complexity index is 309. The first-order valence-electron chi connectivity index (χ1n) is 4.52. The molecule has 80 valence electrons. The van der Waals surface area contributed by atoms with Gasteiger partial charge in [-0.05, 0) is 55.3 Å². The van der Waals surface area contributed by atoms with E-state index >= 15 is 0 Å². The summed E-state index contributed by atoms with van der Waals surface area (Å²) < 4.78 is 2.26. The van der Waals surface area contributed by atoms with Gasteiger partial charge in [0.15, 0.2) is 0 Å². The molecular formula is C10H13Br2ClS. The highest BCUT2D eigenvalue weighted by atomic mass is 79.9. The van der Waals surface area contributed by atoms with E-state index in [1.807, 2.05) is 0 Å². The van der Waals surface area contributed by atoms with Crippen molar-refractivity contribution >= 4 is 54.8 Å². The van der Waals surface area contributed by atoms with Gasteiger partial charge in [-0.2, -0.15) is 0 Å². The Morgan fingerprint density at radius 3 is 2.21 bits per heavy atom. The minimum absolute atomic E-state index is 0.0897. The third-order valence-corrected chi connectivity index (χ3v) is 5.51. The van der Waals surface area contributed by atoms with E-state index in [1.54, 1.807) is 11.3 Å². The quantitative estimate of drug-likeness (QED) is 0.594. The second kappa shape index (κ2) is 5.33. The van der Waals surface area contributed by atoms with E-state index in [4.69, 9.17) is 11.6 Å². The highest BCUT2D eigenvalue weighted by Gasteiger charge is 2.23. The molecule has 4 heteroatoms. The Kier molecular flexibility index (Phi) is 4.96. The molecule has 0 aliphatic heterocycles. The molecule has 1 aromatic heterocycles. The fourth-order valence-electron chi connectivity index (χ4n) is 1.16. The number of hydrogen-bond donors (Lipinski definition) is 0. The second-order valence-corrected chi connectivity index (χ2v) is 8.00. The molecule has 1 aromatic rings. The molecule has 0 nitrogen and oxygen atoms in total. The predicted molar refractivity (Wildman–Crippen MR) is 72.3 cm³/mol. The Morgan fingerprint density at radius 1 is 1.29 bits per heavy atom. The molecule has 0 amide bonds. The smallest absolute Gasteiger partial charge is 0.0757 e. The first-order chi connectivity index (χ1) is 6.43. The molecule has 0 N–H and O–H groups in total. The first kappa shape index (κ1) is 13.0. The van der Waals surface area contributed by atoms with Crippen molar-refractivity contribution < 1.29 is 0 Å². The Labute approximate surface area is 111 Å². The van der Waals surface area contributed by atoms with Crippen LogP contribution in [0.1, 0.15) is 31.7 Å². The molecule has 0 spiro atoms. The lowest BCUT2D eigenvalue weighted by atomic mass is 9.92. The fraction of sp³-hybridized carbons (Fsp3) is 0.600. The van der Waals surface area contributed by atoms with Crippen LogP contribution in [0.5, 0.6) is 0 Å². The van der Waals surface area contributed by atoms with Gasteiger partial charge in [-0.25, -0.2) is 0 Å². The van der Waals surface area contributed by atoms with Crippen molar-refractivity contribution in [2.75, 3.05) is 0 Å². The molecular weight excluding hydrogens is 347 g/mol. The van der Waals surface area contributed by atoms with Crippen LogP contribution in [0.2, 0.25) is 0 Å². The maximum absolute atomic E-state index is 6.43. The van der Waals surface area contributed by atoms with Crippen molar-refractivity contribution in [2.45, 2.75) is 26.1 Å². The minimum atomic E-state index is 0.0897. The van der Waals surface area contributed by atoms with E-state index in [0.29, 0.717) is 11.8 Å². The average molecular weight is 361 g/mol. The molecule has 0 radical (unpaired) electrons. The molecule has 1 heterocycles. The van der Waals surface area contributed by atoms with Crippen LogP contribution in [-0.4, -0.2) is 0 Å². The fourth-order valence-corrected chi connectivity index (χ4v) is 4.75. The van der Waals surface area contributed by atoms with Crippen LogP contribution < -0.4 is 0 Å². The van der Waals surface area contributed by atoms with E-state index in [1.165, 1.54) is 5.56 Å². The SMILES string of the molecule is CC(C)C(C)C(Cl)c1cc(Br)sc1Br. The molecule has 0 saturated carbocycles. The average Bonchev–Trinajstić information content (AvgIpc) is 2.42. The number of rotatable bonds is 3. The maximum Gasteiger partial charge on any atom is 0.0757 e. The monoisotopic (exact) mass is 358 g/mol. The van der Waals surface area contributed by atoms with Crippen molar-refractivity contribution in [3.8, 4) is 0 Å². The van der Waals surface area contributed by atoms with E-state index in [0.717, 1.165) is 7.57 Å². The summed E-state index contributed by atoms with van der Waals surface area (Å²) in [6, 6.07) is 2.10. The molecule has 2 atom stereocenters. The lowest BCUT2D eigenvalue weighted by Gasteiger charge is -2.21. The largest absolute Gasteiger partial charge is 0.121 e. The summed E-state index contributed by atoms with van der Waals surface area (Å²) in [6.07, 6.45) is 0. The summed E-state index contributed by atoms with van der Waals surface area (Å²) >= 11 is 15.1. The van der Waals surface area contributed by atoms with Gasteiger partial charge >= 0.3 is 0 Å². The van der Waals surface area contributed by atoms with Crippen molar-refractivity contribution in [3.05, 3.63) is 19.2 Å². The molecule has 0 bridgehead atoms. The van der Waals surface area contributed by atoms with Gasteiger partial charge in [0.1, 0.15) is 0 Å². The maximum atomic E-state index is 6.43. The number of hydrogen-bond acceptors (Lipinski definition) is 1. The number of thiophene rings is 1. The molecule has 0 aromatic carbocycles. The minimum Gasteiger partial charge on any atom is -0.121 e. The third kappa shape index (κ3) is 2.97. The molecule has 0 saturated heterocycles. The van der Waals surface area contributed by atoms with Crippen LogP contribution in [0, 0.1) is 11.8 Å². The first-order valence-corrected chi connectivity index (χ1v) is 7.36. The van der Waals surface area contributed by atoms with E-state index in [2.05, 4.69) is 58.7 Å². The summed E-state index contributed by atoms with van der Waals surface area (Å²) in [6.45, 7) is 6.60. The van der Waals surface area contributed by atoms with Crippen molar-refractivity contribution in [1.82, 2.24) is 0 Å². The zero-order valence-corrected chi connectivity index (χ0v) is 13.1. The van der Waals surface area contributed by atoms with Gasteiger partial charge in [-0.3, -0.25) is 0 Å². The summed E-state index contributed by atoms with van der Waals surface area (Å²) in [4.78, 5) is 0. The van der Waals surface area contributed by atoms with Gasteiger partial charge in [-0.1, -0.05) is 20.8 Å². The summed E-state index contributed by atoms with van der Waals surface area (Å²) in [5, 5.41) is 0.0897. The Morgan fingerprint density at radius 2 is 1.86 bits per heavy atom. The van der Waals surface area contributed by atoms with Crippen LogP contribution in [-0.2, 0) is 0 Å². The molecule has 0 aliphatic carbocycles. The Hall–Kier alpha value is 0.950.